The maximum atomic E-state index is 11.7. The summed E-state index contributed by atoms with van der Waals surface area (Å²) < 4.78 is 0. The number of aromatic nitrogens is 3. The van der Waals surface area contributed by atoms with Gasteiger partial charge in [-0.05, 0) is 17.7 Å². The summed E-state index contributed by atoms with van der Waals surface area (Å²) in [6.45, 7) is 0. The molecule has 2 heterocycles. The maximum Gasteiger partial charge on any atom is 0.338 e. The second-order valence-electron chi connectivity index (χ2n) is 4.39. The molecular formula is C16H11N3O2. The molecule has 5 nitrogen and oxygen atoms in total. The van der Waals surface area contributed by atoms with Crippen molar-refractivity contribution in [2.75, 3.05) is 0 Å². The lowest BCUT2D eigenvalue weighted by molar-refractivity contribution is 0.0698. The Bertz CT molecular complexity index is 716. The summed E-state index contributed by atoms with van der Waals surface area (Å²) in [6.07, 6.45) is 4.67. The number of carbonyl (C=O) groups is 1. The van der Waals surface area contributed by atoms with Crippen LogP contribution in [0.3, 0.4) is 0 Å². The summed E-state index contributed by atoms with van der Waals surface area (Å²) in [6, 6.07) is 12.8. The molecule has 1 N–H and O–H groups in total. The predicted octanol–water partition coefficient (Wildman–Crippen LogP) is 2.90. The molecule has 0 fully saturated rings. The van der Waals surface area contributed by atoms with Crippen molar-refractivity contribution < 1.29 is 9.90 Å². The Morgan fingerprint density at radius 1 is 0.952 bits per heavy atom. The molecule has 0 atom stereocenters. The van der Waals surface area contributed by atoms with Crippen molar-refractivity contribution in [3.63, 3.8) is 0 Å². The van der Waals surface area contributed by atoms with E-state index in [2.05, 4.69) is 15.2 Å². The van der Waals surface area contributed by atoms with Crippen LogP contribution < -0.4 is 0 Å². The molecule has 102 valence electrons. The van der Waals surface area contributed by atoms with E-state index in [1.807, 2.05) is 30.3 Å². The van der Waals surface area contributed by atoms with Crippen molar-refractivity contribution in [3.05, 3.63) is 66.6 Å². The van der Waals surface area contributed by atoms with Gasteiger partial charge in [-0.1, -0.05) is 30.3 Å². The molecule has 0 amide bonds. The zero-order chi connectivity index (χ0) is 14.7. The number of carboxylic acids is 1. The van der Waals surface area contributed by atoms with Gasteiger partial charge in [0.2, 0.25) is 0 Å². The number of aromatic carboxylic acids is 1. The van der Waals surface area contributed by atoms with E-state index in [9.17, 15) is 9.90 Å². The van der Waals surface area contributed by atoms with Gasteiger partial charge in [-0.3, -0.25) is 4.98 Å². The van der Waals surface area contributed by atoms with Gasteiger partial charge in [0.05, 0.1) is 11.8 Å². The highest BCUT2D eigenvalue weighted by atomic mass is 16.4. The van der Waals surface area contributed by atoms with Crippen LogP contribution in [0.4, 0.5) is 0 Å². The monoisotopic (exact) mass is 277 g/mol. The van der Waals surface area contributed by atoms with Gasteiger partial charge in [0, 0.05) is 23.5 Å². The second-order valence-corrected chi connectivity index (χ2v) is 4.39. The molecular weight excluding hydrogens is 266 g/mol. The number of benzene rings is 1. The van der Waals surface area contributed by atoms with E-state index >= 15 is 0 Å². The van der Waals surface area contributed by atoms with Crippen molar-refractivity contribution in [2.45, 2.75) is 0 Å². The standard InChI is InChI=1S/C16H11N3O2/c20-16(21)14-13(11-5-2-1-3-6-11)10-18-19-15(14)12-7-4-8-17-9-12/h1-10H,(H,20,21). The van der Waals surface area contributed by atoms with Crippen LogP contribution in [0.2, 0.25) is 0 Å². The number of rotatable bonds is 3. The zero-order valence-electron chi connectivity index (χ0n) is 11.0. The quantitative estimate of drug-likeness (QED) is 0.796. The minimum atomic E-state index is -1.04. The molecule has 0 spiro atoms. The molecule has 2 aromatic heterocycles. The molecule has 5 heteroatoms. The van der Waals surface area contributed by atoms with Gasteiger partial charge in [-0.15, -0.1) is 5.10 Å². The molecule has 1 aromatic carbocycles. The lowest BCUT2D eigenvalue weighted by Crippen LogP contribution is -2.06. The Morgan fingerprint density at radius 2 is 1.71 bits per heavy atom. The minimum Gasteiger partial charge on any atom is -0.478 e. The van der Waals surface area contributed by atoms with Gasteiger partial charge in [0.1, 0.15) is 5.69 Å². The number of hydrogen-bond donors (Lipinski definition) is 1. The fourth-order valence-corrected chi connectivity index (χ4v) is 2.14. The van der Waals surface area contributed by atoms with Gasteiger partial charge in [-0.2, -0.15) is 5.10 Å². The second kappa shape index (κ2) is 5.50. The number of pyridine rings is 1. The maximum absolute atomic E-state index is 11.7. The SMILES string of the molecule is O=C(O)c1c(-c2ccccc2)cnnc1-c1cccnc1. The van der Waals surface area contributed by atoms with Crippen LogP contribution in [0.25, 0.3) is 22.4 Å². The summed E-state index contributed by atoms with van der Waals surface area (Å²) in [5, 5.41) is 17.5. The van der Waals surface area contributed by atoms with Crippen LogP contribution in [-0.4, -0.2) is 26.3 Å². The summed E-state index contributed by atoms with van der Waals surface area (Å²) >= 11 is 0. The summed E-state index contributed by atoms with van der Waals surface area (Å²) in [5.74, 6) is -1.04. The molecule has 0 radical (unpaired) electrons. The van der Waals surface area contributed by atoms with Crippen LogP contribution in [-0.2, 0) is 0 Å². The largest absolute Gasteiger partial charge is 0.478 e. The first-order chi connectivity index (χ1) is 10.3. The van der Waals surface area contributed by atoms with E-state index in [0.717, 1.165) is 5.56 Å². The van der Waals surface area contributed by atoms with Crippen molar-refractivity contribution in [3.8, 4) is 22.4 Å². The third-order valence-corrected chi connectivity index (χ3v) is 3.08. The van der Waals surface area contributed by atoms with E-state index in [1.165, 1.54) is 6.20 Å². The minimum absolute atomic E-state index is 0.129. The first-order valence-corrected chi connectivity index (χ1v) is 6.32. The van der Waals surface area contributed by atoms with Gasteiger partial charge >= 0.3 is 5.97 Å². The van der Waals surface area contributed by atoms with E-state index in [4.69, 9.17) is 0 Å². The van der Waals surface area contributed by atoms with Crippen LogP contribution in [0.15, 0.2) is 61.1 Å². The van der Waals surface area contributed by atoms with Gasteiger partial charge in [-0.25, -0.2) is 4.79 Å². The Morgan fingerprint density at radius 3 is 2.38 bits per heavy atom. The molecule has 0 unspecified atom stereocenters. The van der Waals surface area contributed by atoms with Crippen LogP contribution in [0.5, 0.6) is 0 Å². The van der Waals surface area contributed by atoms with Crippen molar-refractivity contribution >= 4 is 5.97 Å². The average Bonchev–Trinajstić information content (AvgIpc) is 2.55. The molecule has 0 aliphatic heterocycles. The predicted molar refractivity (Wildman–Crippen MR) is 77.7 cm³/mol. The summed E-state index contributed by atoms with van der Waals surface area (Å²) in [7, 11) is 0. The molecule has 3 aromatic rings. The molecule has 0 saturated carbocycles. The normalized spacial score (nSPS) is 10.3. The first kappa shape index (κ1) is 12.9. The molecule has 0 aliphatic carbocycles. The van der Waals surface area contributed by atoms with E-state index in [0.29, 0.717) is 16.8 Å². The first-order valence-electron chi connectivity index (χ1n) is 6.32. The van der Waals surface area contributed by atoms with Crippen molar-refractivity contribution in [2.24, 2.45) is 0 Å². The summed E-state index contributed by atoms with van der Waals surface area (Å²) in [4.78, 5) is 15.7. The Hall–Kier alpha value is -3.08. The molecule has 3 rings (SSSR count). The molecule has 0 saturated heterocycles. The van der Waals surface area contributed by atoms with Crippen molar-refractivity contribution in [1.29, 1.82) is 0 Å². The Balaban J connectivity index is 2.26. The van der Waals surface area contributed by atoms with E-state index < -0.39 is 5.97 Å². The van der Waals surface area contributed by atoms with E-state index in [-0.39, 0.29) is 5.56 Å². The van der Waals surface area contributed by atoms with Gasteiger partial charge < -0.3 is 5.11 Å². The van der Waals surface area contributed by atoms with Crippen molar-refractivity contribution in [1.82, 2.24) is 15.2 Å². The fraction of sp³-hybridized carbons (Fsp3) is 0. The fourth-order valence-electron chi connectivity index (χ4n) is 2.14. The number of carboxylic acid groups (broad SMARTS) is 1. The lowest BCUT2D eigenvalue weighted by atomic mass is 9.98. The van der Waals surface area contributed by atoms with Gasteiger partial charge in [0.15, 0.2) is 0 Å². The molecule has 0 bridgehead atoms. The number of nitrogens with zero attached hydrogens (tertiary/aromatic N) is 3. The third kappa shape index (κ3) is 2.49. The highest BCUT2D eigenvalue weighted by Crippen LogP contribution is 2.29. The summed E-state index contributed by atoms with van der Waals surface area (Å²) in [5.41, 5.74) is 2.40. The molecule has 0 aliphatic rings. The van der Waals surface area contributed by atoms with Gasteiger partial charge in [0.25, 0.3) is 0 Å². The number of hydrogen-bond acceptors (Lipinski definition) is 4. The smallest absolute Gasteiger partial charge is 0.338 e. The lowest BCUT2D eigenvalue weighted by Gasteiger charge is -2.09. The zero-order valence-corrected chi connectivity index (χ0v) is 11.0. The highest BCUT2D eigenvalue weighted by Gasteiger charge is 2.20. The van der Waals surface area contributed by atoms with E-state index in [1.54, 1.807) is 24.5 Å². The van der Waals surface area contributed by atoms with Crippen LogP contribution >= 0.6 is 0 Å². The van der Waals surface area contributed by atoms with Crippen LogP contribution in [0.1, 0.15) is 10.4 Å². The third-order valence-electron chi connectivity index (χ3n) is 3.08. The topological polar surface area (TPSA) is 76.0 Å². The Labute approximate surface area is 120 Å². The molecule has 21 heavy (non-hydrogen) atoms. The van der Waals surface area contributed by atoms with Crippen LogP contribution in [0, 0.1) is 0 Å². The average molecular weight is 277 g/mol. The Kier molecular flexibility index (Phi) is 3.39. The highest BCUT2D eigenvalue weighted by molar-refractivity contribution is 6.01.